The third kappa shape index (κ3) is 0.971. The number of hydrogen-bond acceptors (Lipinski definition) is 0. The molecule has 0 atom stereocenters. The van der Waals surface area contributed by atoms with Gasteiger partial charge in [0.2, 0.25) is 0 Å². The van der Waals surface area contributed by atoms with Crippen LogP contribution in [0.25, 0.3) is 13.2 Å². The Balaban J connectivity index is 3.67. The number of rotatable bonds is 0. The second-order valence-corrected chi connectivity index (χ2v) is 2.66. The van der Waals surface area contributed by atoms with Gasteiger partial charge in [-0.2, -0.15) is 0 Å². The molecule has 1 aromatic carbocycles. The number of hydrogen-bond donors (Lipinski definition) is 0. The average Bonchev–Trinajstić information content (AvgIpc) is 1.93. The second-order valence-electron chi connectivity index (χ2n) is 2.66. The van der Waals surface area contributed by atoms with Crippen LogP contribution >= 0.6 is 0 Å². The van der Waals surface area contributed by atoms with E-state index in [0.29, 0.717) is 0 Å². The average molecular weight is 132 g/mol. The van der Waals surface area contributed by atoms with Crippen molar-refractivity contribution in [3.63, 3.8) is 0 Å². The maximum atomic E-state index is 3.92. The maximum Gasteiger partial charge on any atom is -0.0230 e. The molecule has 0 unspecified atom stereocenters. The third-order valence-corrected chi connectivity index (χ3v) is 1.90. The quantitative estimate of drug-likeness (QED) is 0.496. The zero-order valence-electron chi connectivity index (χ0n) is 6.57. The van der Waals surface area contributed by atoms with Crippen molar-refractivity contribution >= 4 is 13.2 Å². The van der Waals surface area contributed by atoms with Gasteiger partial charge in [-0.05, 0) is 35.4 Å². The molecule has 0 aliphatic heterocycles. The molecular weight excluding hydrogens is 120 g/mol. The predicted molar refractivity (Wildman–Crippen MR) is 46.2 cm³/mol. The first-order valence-corrected chi connectivity index (χ1v) is 3.37. The van der Waals surface area contributed by atoms with Gasteiger partial charge in [-0.1, -0.05) is 25.3 Å². The summed E-state index contributed by atoms with van der Waals surface area (Å²) in [6, 6.07) is 4.15. The Kier molecular flexibility index (Phi) is 1.62. The van der Waals surface area contributed by atoms with Crippen LogP contribution in [0.3, 0.4) is 0 Å². The fourth-order valence-corrected chi connectivity index (χ4v) is 0.927. The molecule has 0 heteroatoms. The molecule has 0 fully saturated rings. The zero-order valence-corrected chi connectivity index (χ0v) is 6.57. The highest BCUT2D eigenvalue weighted by atomic mass is 13.9. The summed E-state index contributed by atoms with van der Waals surface area (Å²) in [7, 11) is 0. The summed E-state index contributed by atoms with van der Waals surface area (Å²) in [6.45, 7) is 11.9. The van der Waals surface area contributed by atoms with Crippen molar-refractivity contribution in [2.75, 3.05) is 0 Å². The van der Waals surface area contributed by atoms with Crippen LogP contribution in [-0.4, -0.2) is 0 Å². The molecule has 0 nitrogen and oxygen atoms in total. The van der Waals surface area contributed by atoms with E-state index in [-0.39, 0.29) is 0 Å². The molecule has 0 bridgehead atoms. The van der Waals surface area contributed by atoms with Gasteiger partial charge < -0.3 is 0 Å². The van der Waals surface area contributed by atoms with Crippen molar-refractivity contribution in [3.8, 4) is 0 Å². The lowest BCUT2D eigenvalue weighted by atomic mass is 10.1. The van der Waals surface area contributed by atoms with Crippen LogP contribution in [0.15, 0.2) is 12.1 Å². The van der Waals surface area contributed by atoms with Crippen LogP contribution in [0.1, 0.15) is 11.1 Å². The SMILES string of the molecule is C=c1c(C)ccc(C)c1=C. The van der Waals surface area contributed by atoms with E-state index in [1.165, 1.54) is 11.1 Å². The second kappa shape index (κ2) is 2.30. The van der Waals surface area contributed by atoms with Crippen molar-refractivity contribution < 1.29 is 0 Å². The van der Waals surface area contributed by atoms with Gasteiger partial charge in [0.1, 0.15) is 0 Å². The molecule has 0 radical (unpaired) electrons. The minimum atomic E-state index is 1.07. The highest BCUT2D eigenvalue weighted by Crippen LogP contribution is 1.87. The molecular formula is C10H12. The normalized spacial score (nSPS) is 9.80. The predicted octanol–water partition coefficient (Wildman–Crippen LogP) is 1.12. The topological polar surface area (TPSA) is 0 Å². The highest BCUT2D eigenvalue weighted by molar-refractivity contribution is 5.29. The van der Waals surface area contributed by atoms with E-state index in [1.54, 1.807) is 0 Å². The molecule has 1 rings (SSSR count). The lowest BCUT2D eigenvalue weighted by Crippen LogP contribution is -2.26. The van der Waals surface area contributed by atoms with Gasteiger partial charge in [0, 0.05) is 0 Å². The standard InChI is InChI=1S/C10H12/c1-7-5-6-8(2)10(4)9(7)3/h5-6H,3-4H2,1-2H3. The van der Waals surface area contributed by atoms with E-state index in [0.717, 1.165) is 10.4 Å². The van der Waals surface area contributed by atoms with Crippen molar-refractivity contribution in [1.82, 2.24) is 0 Å². The van der Waals surface area contributed by atoms with Gasteiger partial charge >= 0.3 is 0 Å². The molecule has 0 aliphatic carbocycles. The lowest BCUT2D eigenvalue weighted by molar-refractivity contribution is 1.31. The van der Waals surface area contributed by atoms with Gasteiger partial charge in [0.05, 0.1) is 0 Å². The van der Waals surface area contributed by atoms with Crippen molar-refractivity contribution in [2.45, 2.75) is 13.8 Å². The minimum Gasteiger partial charge on any atom is -0.0909 e. The summed E-state index contributed by atoms with van der Waals surface area (Å²) < 4.78 is 0. The Morgan fingerprint density at radius 3 is 1.50 bits per heavy atom. The molecule has 1 aromatic rings. The molecule has 0 aliphatic rings. The third-order valence-electron chi connectivity index (χ3n) is 1.90. The van der Waals surface area contributed by atoms with Crippen LogP contribution in [0, 0.1) is 13.8 Å². The van der Waals surface area contributed by atoms with Gasteiger partial charge in [-0.15, -0.1) is 0 Å². The van der Waals surface area contributed by atoms with E-state index >= 15 is 0 Å². The minimum absolute atomic E-state index is 1.07. The summed E-state index contributed by atoms with van der Waals surface area (Å²) in [4.78, 5) is 0. The van der Waals surface area contributed by atoms with Crippen molar-refractivity contribution in [2.24, 2.45) is 0 Å². The van der Waals surface area contributed by atoms with Crippen LogP contribution < -0.4 is 10.4 Å². The molecule has 10 heavy (non-hydrogen) atoms. The van der Waals surface area contributed by atoms with Gasteiger partial charge in [0.25, 0.3) is 0 Å². The smallest absolute Gasteiger partial charge is 0.0230 e. The van der Waals surface area contributed by atoms with Crippen LogP contribution in [0.2, 0.25) is 0 Å². The summed E-state index contributed by atoms with van der Waals surface area (Å²) in [5.74, 6) is 0. The summed E-state index contributed by atoms with van der Waals surface area (Å²) in [5.41, 5.74) is 2.44. The maximum absolute atomic E-state index is 3.92. The van der Waals surface area contributed by atoms with E-state index in [4.69, 9.17) is 0 Å². The Bertz CT molecular complexity index is 299. The van der Waals surface area contributed by atoms with Gasteiger partial charge in [-0.25, -0.2) is 0 Å². The van der Waals surface area contributed by atoms with Gasteiger partial charge in [0.15, 0.2) is 0 Å². The van der Waals surface area contributed by atoms with Crippen molar-refractivity contribution in [3.05, 3.63) is 33.7 Å². The molecule has 0 spiro atoms. The Morgan fingerprint density at radius 2 is 1.20 bits per heavy atom. The van der Waals surface area contributed by atoms with Gasteiger partial charge in [-0.3, -0.25) is 0 Å². The summed E-state index contributed by atoms with van der Waals surface area (Å²) in [6.07, 6.45) is 0. The molecule has 0 N–H and O–H groups in total. The van der Waals surface area contributed by atoms with E-state index in [2.05, 4.69) is 39.1 Å². The monoisotopic (exact) mass is 132 g/mol. The van der Waals surface area contributed by atoms with Crippen LogP contribution in [0.4, 0.5) is 0 Å². The van der Waals surface area contributed by atoms with E-state index in [9.17, 15) is 0 Å². The summed E-state index contributed by atoms with van der Waals surface area (Å²) >= 11 is 0. The number of benzene rings is 1. The summed E-state index contributed by atoms with van der Waals surface area (Å²) in [5, 5.41) is 2.14. The Labute approximate surface area is 61.5 Å². The first-order valence-electron chi connectivity index (χ1n) is 3.37. The van der Waals surface area contributed by atoms with Crippen LogP contribution in [0.5, 0.6) is 0 Å². The van der Waals surface area contributed by atoms with Crippen LogP contribution in [-0.2, 0) is 0 Å². The highest BCUT2D eigenvalue weighted by Gasteiger charge is 1.88. The molecule has 0 amide bonds. The fraction of sp³-hybridized carbons (Fsp3) is 0.200. The van der Waals surface area contributed by atoms with E-state index in [1.807, 2.05) is 0 Å². The van der Waals surface area contributed by atoms with E-state index < -0.39 is 0 Å². The molecule has 0 heterocycles. The molecule has 0 saturated carbocycles. The fourth-order valence-electron chi connectivity index (χ4n) is 0.927. The van der Waals surface area contributed by atoms with Crippen molar-refractivity contribution in [1.29, 1.82) is 0 Å². The Hall–Kier alpha value is -1.04. The largest absolute Gasteiger partial charge is 0.0909 e. The zero-order chi connectivity index (χ0) is 7.72. The lowest BCUT2D eigenvalue weighted by Gasteiger charge is -1.96. The molecule has 0 saturated heterocycles. The first-order chi connectivity index (χ1) is 4.63. The molecule has 0 aromatic heterocycles. The Morgan fingerprint density at radius 1 is 0.900 bits per heavy atom. The first kappa shape index (κ1) is 7.07. The number of aryl methyl sites for hydroxylation is 2. The molecule has 52 valence electrons.